The van der Waals surface area contributed by atoms with Gasteiger partial charge in [-0.15, -0.1) is 0 Å². The lowest BCUT2D eigenvalue weighted by Gasteiger charge is -2.33. The lowest BCUT2D eigenvalue weighted by Crippen LogP contribution is -2.45. The second kappa shape index (κ2) is 7.43. The summed E-state index contributed by atoms with van der Waals surface area (Å²) in [6.07, 6.45) is 3.58. The van der Waals surface area contributed by atoms with Gasteiger partial charge < -0.3 is 20.1 Å². The van der Waals surface area contributed by atoms with Crippen LogP contribution in [0.15, 0.2) is 24.4 Å². The monoisotopic (exact) mass is 265 g/mol. The highest BCUT2D eigenvalue weighted by Gasteiger charge is 2.20. The quantitative estimate of drug-likeness (QED) is 0.791. The Hall–Kier alpha value is -1.17. The van der Waals surface area contributed by atoms with Crippen LogP contribution in [-0.2, 0) is 4.74 Å². The van der Waals surface area contributed by atoms with Crippen molar-refractivity contribution in [1.82, 2.24) is 10.3 Å². The molecule has 1 aromatic heterocycles. The van der Waals surface area contributed by atoms with E-state index in [-0.39, 0.29) is 0 Å². The van der Waals surface area contributed by atoms with Crippen LogP contribution in [0, 0.1) is 0 Å². The minimum absolute atomic E-state index is 0.389. The van der Waals surface area contributed by atoms with E-state index in [1.807, 2.05) is 18.3 Å². The molecule has 0 amide bonds. The normalized spacial score (nSPS) is 18.5. The molecule has 0 aromatic carbocycles. The number of hydrogen-bond donors (Lipinski definition) is 2. The van der Waals surface area contributed by atoms with E-state index in [1.54, 1.807) is 7.11 Å². The summed E-state index contributed by atoms with van der Waals surface area (Å²) in [7, 11) is 1.61. The molecule has 1 unspecified atom stereocenters. The molecular weight excluding hydrogens is 242 g/mol. The van der Waals surface area contributed by atoms with Gasteiger partial charge in [0.25, 0.3) is 0 Å². The van der Waals surface area contributed by atoms with E-state index in [0.717, 1.165) is 31.7 Å². The molecule has 2 rings (SSSR count). The van der Waals surface area contributed by atoms with Gasteiger partial charge in [-0.1, -0.05) is 6.07 Å². The number of methoxy groups -OCH3 is 1. The standard InChI is InChI=1S/C14H23N3O2/c1-19-11-13(18)10-16-12-5-8-17(9-6-12)14-4-2-3-7-15-14/h2-4,7,12-13,16,18H,5-6,8-11H2,1H3. The van der Waals surface area contributed by atoms with Crippen molar-refractivity contribution in [3.05, 3.63) is 24.4 Å². The Morgan fingerprint density at radius 3 is 2.89 bits per heavy atom. The SMILES string of the molecule is COCC(O)CNC1CCN(c2ccccn2)CC1. The smallest absolute Gasteiger partial charge is 0.128 e. The number of pyridine rings is 1. The minimum atomic E-state index is -0.418. The van der Waals surface area contributed by atoms with Gasteiger partial charge in [-0.3, -0.25) is 0 Å². The van der Waals surface area contributed by atoms with Crippen LogP contribution in [0.1, 0.15) is 12.8 Å². The Kier molecular flexibility index (Phi) is 5.57. The van der Waals surface area contributed by atoms with Gasteiger partial charge in [0.2, 0.25) is 0 Å². The van der Waals surface area contributed by atoms with E-state index in [9.17, 15) is 5.11 Å². The van der Waals surface area contributed by atoms with E-state index in [1.165, 1.54) is 0 Å². The summed E-state index contributed by atoms with van der Waals surface area (Å²) in [4.78, 5) is 6.68. The number of hydrogen-bond acceptors (Lipinski definition) is 5. The summed E-state index contributed by atoms with van der Waals surface area (Å²) < 4.78 is 4.91. The Bertz CT molecular complexity index is 353. The molecule has 1 saturated heterocycles. The number of anilines is 1. The summed E-state index contributed by atoms with van der Waals surface area (Å²) >= 11 is 0. The average molecular weight is 265 g/mol. The maximum atomic E-state index is 9.60. The van der Waals surface area contributed by atoms with E-state index in [2.05, 4.69) is 21.3 Å². The Morgan fingerprint density at radius 2 is 2.26 bits per heavy atom. The summed E-state index contributed by atoms with van der Waals surface area (Å²) in [5.41, 5.74) is 0. The van der Waals surface area contributed by atoms with Gasteiger partial charge in [-0.2, -0.15) is 0 Å². The van der Waals surface area contributed by atoms with Crippen LogP contribution in [-0.4, -0.2) is 55.6 Å². The second-order valence-corrected chi connectivity index (χ2v) is 4.97. The molecule has 0 bridgehead atoms. The van der Waals surface area contributed by atoms with Gasteiger partial charge in [-0.25, -0.2) is 4.98 Å². The lowest BCUT2D eigenvalue weighted by atomic mass is 10.0. The first-order chi connectivity index (χ1) is 9.29. The van der Waals surface area contributed by atoms with E-state index >= 15 is 0 Å². The van der Waals surface area contributed by atoms with Crippen LogP contribution in [0.25, 0.3) is 0 Å². The molecule has 1 aliphatic heterocycles. The van der Waals surface area contributed by atoms with Gasteiger partial charge >= 0.3 is 0 Å². The molecule has 1 atom stereocenters. The fourth-order valence-electron chi connectivity index (χ4n) is 2.41. The number of nitrogens with one attached hydrogen (secondary N) is 1. The molecule has 106 valence electrons. The maximum Gasteiger partial charge on any atom is 0.128 e. The van der Waals surface area contributed by atoms with Crippen molar-refractivity contribution in [1.29, 1.82) is 0 Å². The number of aliphatic hydroxyl groups is 1. The number of nitrogens with zero attached hydrogens (tertiary/aromatic N) is 2. The number of rotatable bonds is 6. The number of ether oxygens (including phenoxy) is 1. The molecule has 0 saturated carbocycles. The van der Waals surface area contributed by atoms with Crippen molar-refractivity contribution in [2.45, 2.75) is 25.0 Å². The lowest BCUT2D eigenvalue weighted by molar-refractivity contribution is 0.0621. The molecule has 5 heteroatoms. The molecule has 5 nitrogen and oxygen atoms in total. The minimum Gasteiger partial charge on any atom is -0.389 e. The van der Waals surface area contributed by atoms with E-state index < -0.39 is 6.10 Å². The number of piperidine rings is 1. The van der Waals surface area contributed by atoms with Crippen molar-refractivity contribution in [2.24, 2.45) is 0 Å². The summed E-state index contributed by atoms with van der Waals surface area (Å²) in [5.74, 6) is 1.06. The molecule has 2 N–H and O–H groups in total. The first kappa shape index (κ1) is 14.2. The van der Waals surface area contributed by atoms with Crippen LogP contribution in [0.4, 0.5) is 5.82 Å². The van der Waals surface area contributed by atoms with E-state index in [0.29, 0.717) is 19.2 Å². The van der Waals surface area contributed by atoms with Crippen molar-refractivity contribution < 1.29 is 9.84 Å². The van der Waals surface area contributed by atoms with Crippen LogP contribution in [0.3, 0.4) is 0 Å². The average Bonchev–Trinajstić information content (AvgIpc) is 2.47. The van der Waals surface area contributed by atoms with Gasteiger partial charge in [0.15, 0.2) is 0 Å². The second-order valence-electron chi connectivity index (χ2n) is 4.97. The van der Waals surface area contributed by atoms with Gasteiger partial charge in [-0.05, 0) is 25.0 Å². The zero-order valence-corrected chi connectivity index (χ0v) is 11.5. The summed E-state index contributed by atoms with van der Waals surface area (Å²) in [6, 6.07) is 6.49. The van der Waals surface area contributed by atoms with Gasteiger partial charge in [0.1, 0.15) is 5.82 Å². The molecule has 1 aliphatic rings. The highest BCUT2D eigenvalue weighted by atomic mass is 16.5. The fraction of sp³-hybridized carbons (Fsp3) is 0.643. The van der Waals surface area contributed by atoms with Crippen molar-refractivity contribution in [2.75, 3.05) is 38.3 Å². The molecular formula is C14H23N3O2. The van der Waals surface area contributed by atoms with Crippen LogP contribution in [0.5, 0.6) is 0 Å². The molecule has 1 fully saturated rings. The number of aliphatic hydroxyl groups excluding tert-OH is 1. The summed E-state index contributed by atoms with van der Waals surface area (Å²) in [5, 5.41) is 13.0. The Morgan fingerprint density at radius 1 is 1.47 bits per heavy atom. The van der Waals surface area contributed by atoms with Crippen LogP contribution in [0.2, 0.25) is 0 Å². The third kappa shape index (κ3) is 4.45. The zero-order chi connectivity index (χ0) is 13.5. The predicted molar refractivity (Wildman–Crippen MR) is 75.4 cm³/mol. The van der Waals surface area contributed by atoms with Crippen molar-refractivity contribution in [3.63, 3.8) is 0 Å². The molecule has 1 aromatic rings. The Labute approximate surface area is 114 Å². The fourth-order valence-corrected chi connectivity index (χ4v) is 2.41. The maximum absolute atomic E-state index is 9.60. The highest BCUT2D eigenvalue weighted by molar-refractivity contribution is 5.38. The molecule has 2 heterocycles. The predicted octanol–water partition coefficient (Wildman–Crippen LogP) is 0.647. The first-order valence-corrected chi connectivity index (χ1v) is 6.86. The van der Waals surface area contributed by atoms with Gasteiger partial charge in [0.05, 0.1) is 12.7 Å². The molecule has 19 heavy (non-hydrogen) atoms. The Balaban J connectivity index is 1.71. The van der Waals surface area contributed by atoms with Gasteiger partial charge in [0, 0.05) is 39.0 Å². The molecule has 0 radical (unpaired) electrons. The topological polar surface area (TPSA) is 57.6 Å². The van der Waals surface area contributed by atoms with Crippen molar-refractivity contribution in [3.8, 4) is 0 Å². The van der Waals surface area contributed by atoms with Crippen LogP contribution >= 0.6 is 0 Å². The number of aromatic nitrogens is 1. The third-order valence-corrected chi connectivity index (χ3v) is 3.47. The van der Waals surface area contributed by atoms with E-state index in [4.69, 9.17) is 4.74 Å². The zero-order valence-electron chi connectivity index (χ0n) is 11.5. The molecule has 0 aliphatic carbocycles. The first-order valence-electron chi connectivity index (χ1n) is 6.86. The largest absolute Gasteiger partial charge is 0.389 e. The van der Waals surface area contributed by atoms with Crippen molar-refractivity contribution >= 4 is 5.82 Å². The third-order valence-electron chi connectivity index (χ3n) is 3.47. The van der Waals surface area contributed by atoms with Crippen LogP contribution < -0.4 is 10.2 Å². The molecule has 0 spiro atoms. The highest BCUT2D eigenvalue weighted by Crippen LogP contribution is 2.17. The summed E-state index contributed by atoms with van der Waals surface area (Å²) in [6.45, 7) is 3.01.